The third-order valence-corrected chi connectivity index (χ3v) is 4.49. The first-order valence-corrected chi connectivity index (χ1v) is 8.08. The van der Waals surface area contributed by atoms with Crippen LogP contribution in [0.4, 0.5) is 4.39 Å². The van der Waals surface area contributed by atoms with Crippen LogP contribution >= 0.6 is 24.0 Å². The van der Waals surface area contributed by atoms with Gasteiger partial charge in [-0.25, -0.2) is 4.39 Å². The van der Waals surface area contributed by atoms with Crippen molar-refractivity contribution in [1.82, 2.24) is 4.90 Å². The van der Waals surface area contributed by atoms with Crippen LogP contribution in [0.1, 0.15) is 11.5 Å². The molecule has 1 fully saturated rings. The van der Waals surface area contributed by atoms with Crippen LogP contribution in [0.15, 0.2) is 48.5 Å². The van der Waals surface area contributed by atoms with Gasteiger partial charge in [0.2, 0.25) is 0 Å². The van der Waals surface area contributed by atoms with Gasteiger partial charge >= 0.3 is 0 Å². The zero-order valence-electron chi connectivity index (χ0n) is 13.4. The molecule has 2 aromatic rings. The maximum atomic E-state index is 13.1. The van der Waals surface area contributed by atoms with Crippen LogP contribution in [0.2, 0.25) is 5.02 Å². The van der Waals surface area contributed by atoms with Crippen molar-refractivity contribution >= 4 is 29.9 Å². The number of rotatable bonds is 4. The van der Waals surface area contributed by atoms with E-state index < -0.39 is 5.82 Å². The highest BCUT2D eigenvalue weighted by atomic mass is 35.5. The minimum atomic E-state index is -0.522. The predicted molar refractivity (Wildman–Crippen MR) is 97.9 cm³/mol. The number of halogens is 3. The maximum absolute atomic E-state index is 13.1. The number of hydrogen-bond acceptors (Lipinski definition) is 3. The molecule has 4 nitrogen and oxygen atoms in total. The van der Waals surface area contributed by atoms with E-state index in [4.69, 9.17) is 22.1 Å². The van der Waals surface area contributed by atoms with Gasteiger partial charge in [-0.15, -0.1) is 12.4 Å². The van der Waals surface area contributed by atoms with E-state index in [1.807, 2.05) is 30.3 Å². The summed E-state index contributed by atoms with van der Waals surface area (Å²) < 4.78 is 18.5. The molecule has 0 bridgehead atoms. The molecule has 1 aliphatic heterocycles. The molecule has 134 valence electrons. The zero-order chi connectivity index (χ0) is 17.1. The van der Waals surface area contributed by atoms with Gasteiger partial charge in [0.15, 0.2) is 6.61 Å². The van der Waals surface area contributed by atoms with Gasteiger partial charge in [0.05, 0.1) is 5.02 Å². The molecule has 2 N–H and O–H groups in total. The molecule has 0 unspecified atom stereocenters. The van der Waals surface area contributed by atoms with Gasteiger partial charge in [-0.3, -0.25) is 4.79 Å². The van der Waals surface area contributed by atoms with Crippen molar-refractivity contribution in [3.05, 3.63) is 64.9 Å². The third-order valence-electron chi connectivity index (χ3n) is 4.20. The largest absolute Gasteiger partial charge is 0.484 e. The smallest absolute Gasteiger partial charge is 0.260 e. The normalized spacial score (nSPS) is 19.4. The molecule has 7 heteroatoms. The highest BCUT2D eigenvalue weighted by Gasteiger charge is 2.33. The highest BCUT2D eigenvalue weighted by molar-refractivity contribution is 6.30. The monoisotopic (exact) mass is 384 g/mol. The van der Waals surface area contributed by atoms with E-state index in [2.05, 4.69) is 0 Å². The molecule has 0 aliphatic carbocycles. The van der Waals surface area contributed by atoms with E-state index in [1.165, 1.54) is 18.2 Å². The number of carbonyl (C=O) groups excluding carboxylic acids is 1. The van der Waals surface area contributed by atoms with Crippen molar-refractivity contribution in [3.63, 3.8) is 0 Å². The van der Waals surface area contributed by atoms with E-state index in [9.17, 15) is 9.18 Å². The fraction of sp³-hybridized carbons (Fsp3) is 0.278. The van der Waals surface area contributed by atoms with Crippen LogP contribution in [0.5, 0.6) is 5.75 Å². The Labute approximate surface area is 157 Å². The number of carbonyl (C=O) groups is 1. The molecule has 25 heavy (non-hydrogen) atoms. The van der Waals surface area contributed by atoms with Crippen molar-refractivity contribution in [1.29, 1.82) is 0 Å². The Hall–Kier alpha value is -1.82. The van der Waals surface area contributed by atoms with E-state index >= 15 is 0 Å². The van der Waals surface area contributed by atoms with E-state index in [1.54, 1.807) is 4.90 Å². The Morgan fingerprint density at radius 2 is 1.96 bits per heavy atom. The fourth-order valence-corrected chi connectivity index (χ4v) is 3.06. The van der Waals surface area contributed by atoms with Gasteiger partial charge in [-0.2, -0.15) is 0 Å². The first-order valence-electron chi connectivity index (χ1n) is 7.71. The summed E-state index contributed by atoms with van der Waals surface area (Å²) in [5.74, 6) is -0.191. The van der Waals surface area contributed by atoms with Crippen molar-refractivity contribution in [2.45, 2.75) is 12.0 Å². The molecule has 2 atom stereocenters. The molecule has 1 saturated heterocycles. The summed E-state index contributed by atoms with van der Waals surface area (Å²) in [5.41, 5.74) is 7.32. The summed E-state index contributed by atoms with van der Waals surface area (Å²) in [6, 6.07) is 13.8. The summed E-state index contributed by atoms with van der Waals surface area (Å²) in [4.78, 5) is 14.0. The fourth-order valence-electron chi connectivity index (χ4n) is 2.89. The number of nitrogens with two attached hydrogens (primary N) is 1. The molecule has 1 heterocycles. The molecule has 0 spiro atoms. The van der Waals surface area contributed by atoms with E-state index in [0.717, 1.165) is 5.56 Å². The van der Waals surface area contributed by atoms with Crippen molar-refractivity contribution < 1.29 is 13.9 Å². The number of benzene rings is 2. The Bertz CT molecular complexity index is 730. The van der Waals surface area contributed by atoms with Crippen LogP contribution in [-0.2, 0) is 4.79 Å². The number of nitrogens with zero attached hydrogens (tertiary/aromatic N) is 1. The molecule has 3 rings (SSSR count). The average molecular weight is 385 g/mol. The Morgan fingerprint density at radius 1 is 1.24 bits per heavy atom. The van der Waals surface area contributed by atoms with Crippen LogP contribution in [0.3, 0.4) is 0 Å². The van der Waals surface area contributed by atoms with Gasteiger partial charge in [0.1, 0.15) is 11.6 Å². The molecule has 1 aliphatic rings. The van der Waals surface area contributed by atoms with Crippen LogP contribution < -0.4 is 10.5 Å². The molecule has 0 aromatic heterocycles. The number of ether oxygens (including phenoxy) is 1. The first kappa shape index (κ1) is 19.5. The maximum Gasteiger partial charge on any atom is 0.260 e. The Kier molecular flexibility index (Phi) is 6.64. The molecule has 0 radical (unpaired) electrons. The Balaban J connectivity index is 0.00000225. The van der Waals surface area contributed by atoms with E-state index in [-0.39, 0.29) is 41.9 Å². The molecular formula is C18H19Cl2FN2O2. The zero-order valence-corrected chi connectivity index (χ0v) is 15.0. The summed E-state index contributed by atoms with van der Waals surface area (Å²) in [7, 11) is 0. The molecule has 2 aromatic carbocycles. The topological polar surface area (TPSA) is 55.6 Å². The van der Waals surface area contributed by atoms with Crippen molar-refractivity contribution in [2.24, 2.45) is 5.73 Å². The SMILES string of the molecule is Cl.N[C@@H]1CN(C(=O)COc2ccc(F)c(Cl)c2)C[C@H]1c1ccccc1. The Morgan fingerprint density at radius 3 is 2.64 bits per heavy atom. The number of amides is 1. The van der Waals surface area contributed by atoms with E-state index in [0.29, 0.717) is 18.8 Å². The second-order valence-electron chi connectivity index (χ2n) is 5.84. The molecule has 0 saturated carbocycles. The minimum absolute atomic E-state index is 0. The third kappa shape index (κ3) is 4.63. The van der Waals surface area contributed by atoms with Gasteiger partial charge in [0, 0.05) is 31.1 Å². The van der Waals surface area contributed by atoms with Crippen molar-refractivity contribution in [2.75, 3.05) is 19.7 Å². The van der Waals surface area contributed by atoms with Gasteiger partial charge in [-0.1, -0.05) is 41.9 Å². The van der Waals surface area contributed by atoms with Crippen molar-refractivity contribution in [3.8, 4) is 5.75 Å². The lowest BCUT2D eigenvalue weighted by molar-refractivity contribution is -0.132. The first-order chi connectivity index (χ1) is 11.5. The average Bonchev–Trinajstić information content (AvgIpc) is 2.98. The number of hydrogen-bond donors (Lipinski definition) is 1. The quantitative estimate of drug-likeness (QED) is 0.879. The van der Waals surface area contributed by atoms with Gasteiger partial charge in [0.25, 0.3) is 5.91 Å². The predicted octanol–water partition coefficient (Wildman–Crippen LogP) is 3.23. The standard InChI is InChI=1S/C18H18ClFN2O2.ClH/c19-15-8-13(6-7-16(15)20)24-11-18(23)22-9-14(17(21)10-22)12-4-2-1-3-5-12;/h1-8,14,17H,9-11,21H2;1H/t14-,17+;/m0./s1. The van der Waals surface area contributed by atoms with Crippen LogP contribution in [0.25, 0.3) is 0 Å². The second kappa shape index (κ2) is 8.52. The summed E-state index contributed by atoms with van der Waals surface area (Å²) in [6.45, 7) is 0.930. The summed E-state index contributed by atoms with van der Waals surface area (Å²) in [5, 5.41) is -0.0349. The molecular weight excluding hydrogens is 366 g/mol. The van der Waals surface area contributed by atoms with Crippen LogP contribution in [-0.4, -0.2) is 36.5 Å². The summed E-state index contributed by atoms with van der Waals surface area (Å²) >= 11 is 5.70. The lowest BCUT2D eigenvalue weighted by Crippen LogP contribution is -2.35. The second-order valence-corrected chi connectivity index (χ2v) is 6.25. The molecule has 1 amide bonds. The lowest BCUT2D eigenvalue weighted by atomic mass is 9.95. The minimum Gasteiger partial charge on any atom is -0.484 e. The van der Waals surface area contributed by atoms with Crippen LogP contribution in [0, 0.1) is 5.82 Å². The number of likely N-dealkylation sites (tertiary alicyclic amines) is 1. The van der Waals surface area contributed by atoms with Gasteiger partial charge in [-0.05, 0) is 17.7 Å². The highest BCUT2D eigenvalue weighted by Crippen LogP contribution is 2.26. The lowest BCUT2D eigenvalue weighted by Gasteiger charge is -2.17. The summed E-state index contributed by atoms with van der Waals surface area (Å²) in [6.07, 6.45) is 0. The van der Waals surface area contributed by atoms with Gasteiger partial charge < -0.3 is 15.4 Å².